The summed E-state index contributed by atoms with van der Waals surface area (Å²) in [4.78, 5) is 33.9. The third-order valence-corrected chi connectivity index (χ3v) is 11.6. The summed E-state index contributed by atoms with van der Waals surface area (Å²) in [6.45, 7) is 5.14. The first-order chi connectivity index (χ1) is 24.6. The first-order valence-electron chi connectivity index (χ1n) is 17.9. The Bertz CT molecular complexity index is 1830. The average molecular weight is 730 g/mol. The van der Waals surface area contributed by atoms with E-state index < -0.39 is 53.4 Å². The molecule has 2 unspecified atom stereocenters. The van der Waals surface area contributed by atoms with Crippen LogP contribution in [0.4, 0.5) is 37.0 Å². The van der Waals surface area contributed by atoms with Gasteiger partial charge in [0.1, 0.15) is 5.82 Å². The van der Waals surface area contributed by atoms with E-state index in [0.717, 1.165) is 66.7 Å². The van der Waals surface area contributed by atoms with Crippen LogP contribution in [0.15, 0.2) is 48.5 Å². The van der Waals surface area contributed by atoms with Gasteiger partial charge in [0, 0.05) is 30.6 Å². The lowest BCUT2D eigenvalue weighted by Crippen LogP contribution is -2.40. The van der Waals surface area contributed by atoms with E-state index in [2.05, 4.69) is 30.0 Å². The predicted molar refractivity (Wildman–Crippen MR) is 181 cm³/mol. The minimum Gasteiger partial charge on any atom is -0.481 e. The summed E-state index contributed by atoms with van der Waals surface area (Å²) < 4.78 is 88.6. The predicted octanol–water partition coefficient (Wildman–Crippen LogP) is 9.60. The van der Waals surface area contributed by atoms with Crippen molar-refractivity contribution in [2.75, 3.05) is 24.6 Å². The van der Waals surface area contributed by atoms with Gasteiger partial charge in [0.25, 0.3) is 0 Å². The molecule has 7 nitrogen and oxygen atoms in total. The Morgan fingerprint density at radius 3 is 2.13 bits per heavy atom. The first kappa shape index (κ1) is 36.1. The number of pyridine rings is 1. The Hall–Kier alpha value is -4.29. The molecule has 278 valence electrons. The molecular formula is C39H41F6N3O4. The van der Waals surface area contributed by atoms with Gasteiger partial charge < -0.3 is 14.7 Å². The maximum atomic E-state index is 13.9. The number of amides is 1. The number of ether oxygens (including phenoxy) is 1. The number of aliphatic carboxylic acids is 1. The number of benzene rings is 2. The Morgan fingerprint density at radius 2 is 1.56 bits per heavy atom. The highest BCUT2D eigenvalue weighted by atomic mass is 19.4. The Kier molecular flexibility index (Phi) is 9.44. The monoisotopic (exact) mass is 729 g/mol. The van der Waals surface area contributed by atoms with Gasteiger partial charge in [0.05, 0.1) is 35.9 Å². The Balaban J connectivity index is 1.29. The second-order valence-corrected chi connectivity index (χ2v) is 14.9. The minimum atomic E-state index is -5.01. The van der Waals surface area contributed by atoms with E-state index in [0.29, 0.717) is 36.2 Å². The van der Waals surface area contributed by atoms with E-state index in [1.54, 1.807) is 6.92 Å². The third kappa shape index (κ3) is 7.19. The van der Waals surface area contributed by atoms with Crippen LogP contribution in [0.1, 0.15) is 104 Å². The van der Waals surface area contributed by atoms with Gasteiger partial charge in [-0.25, -0.2) is 9.78 Å². The summed E-state index contributed by atoms with van der Waals surface area (Å²) in [6, 6.07) is 11.0. The number of halogens is 6. The van der Waals surface area contributed by atoms with E-state index >= 15 is 0 Å². The number of nitrogens with zero attached hydrogens (tertiary/aromatic N) is 3. The smallest absolute Gasteiger partial charge is 0.416 e. The molecule has 4 aliphatic rings. The van der Waals surface area contributed by atoms with Gasteiger partial charge in [-0.2, -0.15) is 26.3 Å². The number of cyclic esters (lactones) is 1. The molecule has 0 spiro atoms. The minimum absolute atomic E-state index is 0.0284. The Labute approximate surface area is 298 Å². The van der Waals surface area contributed by atoms with Gasteiger partial charge in [-0.05, 0) is 116 Å². The van der Waals surface area contributed by atoms with Crippen LogP contribution in [0.5, 0.6) is 0 Å². The quantitative estimate of drug-likeness (QED) is 0.233. The topological polar surface area (TPSA) is 83.0 Å². The maximum Gasteiger partial charge on any atom is 0.416 e. The SMILES string of the molecule is CC1CC1c1ccc([C@@H]2CC[C@H](C(=O)O)C2)cc1-c1ccc(N2CCC2)nc1CN1C(=O)OCC[C@H](c2cc(C(F)(F)F)cc(C(F)(F)F)c2)[C@@H]1C. The molecule has 1 amide bonds. The molecule has 2 aliphatic heterocycles. The van der Waals surface area contributed by atoms with Gasteiger partial charge >= 0.3 is 24.4 Å². The van der Waals surface area contributed by atoms with Crippen LogP contribution in [0.25, 0.3) is 11.1 Å². The van der Waals surface area contributed by atoms with Crippen molar-refractivity contribution in [3.8, 4) is 11.1 Å². The molecule has 2 aliphatic carbocycles. The second kappa shape index (κ2) is 13.6. The average Bonchev–Trinajstić information content (AvgIpc) is 3.61. The third-order valence-electron chi connectivity index (χ3n) is 11.6. The molecule has 13 heteroatoms. The molecule has 3 aromatic rings. The number of alkyl halides is 6. The number of anilines is 1. The lowest BCUT2D eigenvalue weighted by atomic mass is 9.86. The zero-order chi connectivity index (χ0) is 37.1. The largest absolute Gasteiger partial charge is 0.481 e. The number of aromatic nitrogens is 1. The number of hydrogen-bond donors (Lipinski definition) is 1. The highest BCUT2D eigenvalue weighted by Gasteiger charge is 2.41. The van der Waals surface area contributed by atoms with Crippen LogP contribution in [0.2, 0.25) is 0 Å². The molecule has 1 aromatic heterocycles. The lowest BCUT2D eigenvalue weighted by molar-refractivity contribution is -0.143. The molecule has 2 saturated carbocycles. The molecule has 0 radical (unpaired) electrons. The number of rotatable bonds is 8. The van der Waals surface area contributed by atoms with Gasteiger partial charge in [0.2, 0.25) is 0 Å². The van der Waals surface area contributed by atoms with E-state index in [9.17, 15) is 41.0 Å². The van der Waals surface area contributed by atoms with E-state index in [-0.39, 0.29) is 37.1 Å². The standard InChI is InChI=1S/C39H41F6N3O4/c1-21-14-32(21)30-7-6-24(23-4-5-25(15-23)36(49)50)18-33(30)31-8-9-35(47-11-3-12-47)46-34(31)20-48-22(2)29(10-13-52-37(48)51)26-16-27(38(40,41)42)19-28(17-26)39(43,44)45/h6-9,16-19,21-23,25,29,32H,3-5,10-15,20H2,1-2H3,(H,49,50)/t21?,22-,23+,25-,29-,32?/m0/s1. The zero-order valence-electron chi connectivity index (χ0n) is 28.9. The summed E-state index contributed by atoms with van der Waals surface area (Å²) in [5, 5.41) is 9.65. The van der Waals surface area contributed by atoms with Gasteiger partial charge in [0.15, 0.2) is 0 Å². The van der Waals surface area contributed by atoms with Crippen molar-refractivity contribution in [2.24, 2.45) is 11.8 Å². The second-order valence-electron chi connectivity index (χ2n) is 14.9. The molecule has 4 fully saturated rings. The van der Waals surface area contributed by atoms with Crippen molar-refractivity contribution in [1.29, 1.82) is 0 Å². The molecule has 3 heterocycles. The van der Waals surface area contributed by atoms with E-state index in [1.165, 1.54) is 4.90 Å². The first-order valence-corrected chi connectivity index (χ1v) is 17.9. The summed E-state index contributed by atoms with van der Waals surface area (Å²) in [5.41, 5.74) is 1.41. The highest BCUT2D eigenvalue weighted by molar-refractivity contribution is 5.75. The fourth-order valence-electron chi connectivity index (χ4n) is 8.21. The van der Waals surface area contributed by atoms with Gasteiger partial charge in [-0.3, -0.25) is 9.69 Å². The molecular weight excluding hydrogens is 688 g/mol. The van der Waals surface area contributed by atoms with E-state index in [1.807, 2.05) is 12.1 Å². The molecule has 2 saturated heterocycles. The van der Waals surface area contributed by atoms with Crippen LogP contribution in [-0.2, 0) is 28.4 Å². The Morgan fingerprint density at radius 1 is 0.865 bits per heavy atom. The molecule has 0 bridgehead atoms. The number of hydrogen-bond acceptors (Lipinski definition) is 5. The summed E-state index contributed by atoms with van der Waals surface area (Å²) >= 11 is 0. The fraction of sp³-hybridized carbons (Fsp3) is 0.513. The summed E-state index contributed by atoms with van der Waals surface area (Å²) in [7, 11) is 0. The molecule has 7 rings (SSSR count). The molecule has 1 N–H and O–H groups in total. The van der Waals surface area contributed by atoms with Crippen LogP contribution in [0, 0.1) is 11.8 Å². The van der Waals surface area contributed by atoms with Crippen molar-refractivity contribution >= 4 is 17.9 Å². The normalized spacial score (nSPS) is 26.5. The number of carboxylic acid groups (broad SMARTS) is 1. The number of carboxylic acids is 1. The van der Waals surface area contributed by atoms with Gasteiger partial charge in [-0.1, -0.05) is 25.1 Å². The van der Waals surface area contributed by atoms with Gasteiger partial charge in [-0.15, -0.1) is 0 Å². The highest BCUT2D eigenvalue weighted by Crippen LogP contribution is 2.52. The van der Waals surface area contributed by atoms with E-state index in [4.69, 9.17) is 9.72 Å². The van der Waals surface area contributed by atoms with Crippen molar-refractivity contribution in [1.82, 2.24) is 9.88 Å². The van der Waals surface area contributed by atoms with Crippen molar-refractivity contribution < 1.29 is 45.8 Å². The number of carbonyl (C=O) groups is 2. The fourth-order valence-corrected chi connectivity index (χ4v) is 8.21. The summed E-state index contributed by atoms with van der Waals surface area (Å²) in [6.07, 6.45) is -6.83. The number of carbonyl (C=O) groups excluding carboxylic acids is 1. The van der Waals surface area contributed by atoms with Crippen molar-refractivity contribution in [3.05, 3.63) is 82.0 Å². The zero-order valence-corrected chi connectivity index (χ0v) is 28.9. The maximum absolute atomic E-state index is 13.9. The van der Waals surface area contributed by atoms with Crippen LogP contribution in [-0.4, -0.2) is 52.8 Å². The molecule has 2 aromatic carbocycles. The summed E-state index contributed by atoms with van der Waals surface area (Å²) in [5.74, 6) is -0.557. The molecule has 52 heavy (non-hydrogen) atoms. The van der Waals surface area contributed by atoms with Crippen LogP contribution < -0.4 is 4.90 Å². The van der Waals surface area contributed by atoms with Crippen LogP contribution in [0.3, 0.4) is 0 Å². The van der Waals surface area contributed by atoms with Crippen LogP contribution >= 0.6 is 0 Å². The van der Waals surface area contributed by atoms with Crippen molar-refractivity contribution in [3.63, 3.8) is 0 Å². The lowest BCUT2D eigenvalue weighted by Gasteiger charge is -2.34. The molecule has 6 atom stereocenters. The van der Waals surface area contributed by atoms with Crippen molar-refractivity contribution in [2.45, 2.75) is 95.1 Å².